The highest BCUT2D eigenvalue weighted by Crippen LogP contribution is 2.40. The molecule has 0 aliphatic heterocycles. The molecule has 4 nitrogen and oxygen atoms in total. The predicted octanol–water partition coefficient (Wildman–Crippen LogP) is 4.01. The Morgan fingerprint density at radius 1 is 0.960 bits per heavy atom. The molecule has 0 aromatic heterocycles. The highest BCUT2D eigenvalue weighted by molar-refractivity contribution is 7.99. The summed E-state index contributed by atoms with van der Waals surface area (Å²) < 4.78 is 22.6. The van der Waals surface area contributed by atoms with E-state index in [4.69, 9.17) is 9.47 Å². The van der Waals surface area contributed by atoms with Crippen LogP contribution in [0, 0.1) is 11.7 Å². The minimum atomic E-state index is -1.02. The van der Waals surface area contributed by atoms with Gasteiger partial charge in [-0.2, -0.15) is 0 Å². The first-order chi connectivity index (χ1) is 12.0. The summed E-state index contributed by atoms with van der Waals surface area (Å²) in [5, 5.41) is -0.199. The molecule has 0 fully saturated rings. The average molecular weight is 362 g/mol. The van der Waals surface area contributed by atoms with Gasteiger partial charge in [-0.05, 0) is 36.2 Å². The van der Waals surface area contributed by atoms with Crippen LogP contribution in [-0.2, 0) is 19.1 Å². The van der Waals surface area contributed by atoms with Crippen molar-refractivity contribution in [3.05, 3.63) is 66.0 Å². The predicted molar refractivity (Wildman–Crippen MR) is 93.6 cm³/mol. The highest BCUT2D eigenvalue weighted by Gasteiger charge is 2.32. The van der Waals surface area contributed by atoms with Crippen molar-refractivity contribution in [2.24, 2.45) is 5.92 Å². The van der Waals surface area contributed by atoms with Gasteiger partial charge in [0.1, 0.15) is 5.82 Å². The molecule has 0 aliphatic rings. The lowest BCUT2D eigenvalue weighted by Gasteiger charge is -2.21. The van der Waals surface area contributed by atoms with E-state index in [0.717, 1.165) is 10.5 Å². The van der Waals surface area contributed by atoms with Gasteiger partial charge in [0.15, 0.2) is 5.92 Å². The Hall–Kier alpha value is -2.34. The molecule has 0 spiro atoms. The van der Waals surface area contributed by atoms with Crippen LogP contribution in [0.4, 0.5) is 4.39 Å². The van der Waals surface area contributed by atoms with E-state index in [1.54, 1.807) is 12.1 Å². The SMILES string of the molecule is COC(=O)C(CC(Sc1ccc(F)cc1)c1ccccc1)C(=O)OC. The third-order valence-electron chi connectivity index (χ3n) is 3.68. The number of hydrogen-bond acceptors (Lipinski definition) is 5. The summed E-state index contributed by atoms with van der Waals surface area (Å²) in [5.41, 5.74) is 0.953. The number of thioether (sulfide) groups is 1. The number of ether oxygens (including phenoxy) is 2. The van der Waals surface area contributed by atoms with E-state index in [0.29, 0.717) is 0 Å². The minimum Gasteiger partial charge on any atom is -0.468 e. The van der Waals surface area contributed by atoms with Crippen molar-refractivity contribution in [3.8, 4) is 0 Å². The fourth-order valence-electron chi connectivity index (χ4n) is 2.38. The van der Waals surface area contributed by atoms with E-state index in [1.165, 1.54) is 38.1 Å². The summed E-state index contributed by atoms with van der Waals surface area (Å²) >= 11 is 1.45. The van der Waals surface area contributed by atoms with Crippen LogP contribution in [0.15, 0.2) is 59.5 Å². The van der Waals surface area contributed by atoms with Gasteiger partial charge in [-0.1, -0.05) is 30.3 Å². The van der Waals surface area contributed by atoms with Gasteiger partial charge in [0, 0.05) is 10.1 Å². The van der Waals surface area contributed by atoms with Crippen LogP contribution in [-0.4, -0.2) is 26.2 Å². The van der Waals surface area contributed by atoms with E-state index in [9.17, 15) is 14.0 Å². The lowest BCUT2D eigenvalue weighted by molar-refractivity contribution is -0.159. The lowest BCUT2D eigenvalue weighted by atomic mass is 9.99. The van der Waals surface area contributed by atoms with Gasteiger partial charge in [0.2, 0.25) is 0 Å². The summed E-state index contributed by atoms with van der Waals surface area (Å²) in [4.78, 5) is 24.8. The highest BCUT2D eigenvalue weighted by atomic mass is 32.2. The molecule has 0 radical (unpaired) electrons. The molecule has 0 heterocycles. The zero-order chi connectivity index (χ0) is 18.2. The molecule has 6 heteroatoms. The van der Waals surface area contributed by atoms with Gasteiger partial charge in [-0.3, -0.25) is 9.59 Å². The molecule has 0 saturated heterocycles. The van der Waals surface area contributed by atoms with Crippen LogP contribution < -0.4 is 0 Å². The molecule has 25 heavy (non-hydrogen) atoms. The summed E-state index contributed by atoms with van der Waals surface area (Å²) in [6.45, 7) is 0. The lowest BCUT2D eigenvalue weighted by Crippen LogP contribution is -2.27. The van der Waals surface area contributed by atoms with Gasteiger partial charge in [0.05, 0.1) is 14.2 Å². The quantitative estimate of drug-likeness (QED) is 0.423. The Morgan fingerprint density at radius 2 is 1.52 bits per heavy atom. The van der Waals surface area contributed by atoms with Gasteiger partial charge in [-0.15, -0.1) is 11.8 Å². The maximum atomic E-state index is 13.1. The standard InChI is InChI=1S/C19H19FO4S/c1-23-18(21)16(19(22)24-2)12-17(13-6-4-3-5-7-13)25-15-10-8-14(20)9-11-15/h3-11,16-17H,12H2,1-2H3. The molecular weight excluding hydrogens is 343 g/mol. The average Bonchev–Trinajstić information content (AvgIpc) is 2.66. The van der Waals surface area contributed by atoms with Crippen LogP contribution in [0.1, 0.15) is 17.2 Å². The van der Waals surface area contributed by atoms with Gasteiger partial charge >= 0.3 is 11.9 Å². The first kappa shape index (κ1) is 19.0. The summed E-state index contributed by atoms with van der Waals surface area (Å²) in [5.74, 6) is -2.60. The molecule has 0 aliphatic carbocycles. The van der Waals surface area contributed by atoms with Crippen LogP contribution in [0.25, 0.3) is 0 Å². The molecule has 2 aromatic carbocycles. The van der Waals surface area contributed by atoms with E-state index < -0.39 is 17.9 Å². The molecular formula is C19H19FO4S. The molecule has 0 amide bonds. The van der Waals surface area contributed by atoms with Crippen LogP contribution >= 0.6 is 11.8 Å². The molecule has 1 atom stereocenters. The number of esters is 2. The van der Waals surface area contributed by atoms with E-state index >= 15 is 0 Å². The Balaban J connectivity index is 2.28. The Kier molecular flexibility index (Phi) is 7.01. The maximum Gasteiger partial charge on any atom is 0.320 e. The Labute approximate surface area is 150 Å². The second kappa shape index (κ2) is 9.22. The largest absolute Gasteiger partial charge is 0.468 e. The van der Waals surface area contributed by atoms with Crippen molar-refractivity contribution in [1.82, 2.24) is 0 Å². The summed E-state index contributed by atoms with van der Waals surface area (Å²) in [7, 11) is 2.48. The van der Waals surface area contributed by atoms with E-state index in [-0.39, 0.29) is 17.5 Å². The molecule has 132 valence electrons. The zero-order valence-electron chi connectivity index (χ0n) is 14.0. The Morgan fingerprint density at radius 3 is 2.04 bits per heavy atom. The number of hydrogen-bond donors (Lipinski definition) is 0. The first-order valence-electron chi connectivity index (χ1n) is 7.68. The molecule has 1 unspecified atom stereocenters. The normalized spacial score (nSPS) is 11.8. The van der Waals surface area contributed by atoms with Gasteiger partial charge < -0.3 is 9.47 Å². The monoisotopic (exact) mass is 362 g/mol. The second-order valence-electron chi connectivity index (χ2n) is 5.31. The maximum absolute atomic E-state index is 13.1. The molecule has 0 N–H and O–H groups in total. The second-order valence-corrected chi connectivity index (χ2v) is 6.58. The first-order valence-corrected chi connectivity index (χ1v) is 8.56. The smallest absolute Gasteiger partial charge is 0.320 e. The number of carbonyl (C=O) groups is 2. The third-order valence-corrected chi connectivity index (χ3v) is 4.98. The molecule has 2 aromatic rings. The van der Waals surface area contributed by atoms with Crippen LogP contribution in [0.5, 0.6) is 0 Å². The number of halogens is 1. The molecule has 0 saturated carbocycles. The van der Waals surface area contributed by atoms with E-state index in [1.807, 2.05) is 30.3 Å². The fraction of sp³-hybridized carbons (Fsp3) is 0.263. The van der Waals surface area contributed by atoms with Crippen molar-refractivity contribution in [2.45, 2.75) is 16.6 Å². The third kappa shape index (κ3) is 5.32. The van der Waals surface area contributed by atoms with Crippen molar-refractivity contribution in [3.63, 3.8) is 0 Å². The van der Waals surface area contributed by atoms with Crippen LogP contribution in [0.2, 0.25) is 0 Å². The molecule has 2 rings (SSSR count). The zero-order valence-corrected chi connectivity index (χ0v) is 14.8. The van der Waals surface area contributed by atoms with E-state index in [2.05, 4.69) is 0 Å². The summed E-state index contributed by atoms with van der Waals surface area (Å²) in [6, 6.07) is 15.6. The summed E-state index contributed by atoms with van der Waals surface area (Å²) in [6.07, 6.45) is 0.214. The van der Waals surface area contributed by atoms with Crippen LogP contribution in [0.3, 0.4) is 0 Å². The topological polar surface area (TPSA) is 52.6 Å². The van der Waals surface area contributed by atoms with Crippen molar-refractivity contribution in [1.29, 1.82) is 0 Å². The van der Waals surface area contributed by atoms with Crippen molar-refractivity contribution < 1.29 is 23.5 Å². The minimum absolute atomic E-state index is 0.199. The molecule has 0 bridgehead atoms. The number of rotatable bonds is 7. The number of methoxy groups -OCH3 is 2. The van der Waals surface area contributed by atoms with Gasteiger partial charge in [0.25, 0.3) is 0 Å². The van der Waals surface area contributed by atoms with Crippen molar-refractivity contribution in [2.75, 3.05) is 14.2 Å². The van der Waals surface area contributed by atoms with Crippen molar-refractivity contribution >= 4 is 23.7 Å². The Bertz CT molecular complexity index is 687. The fourth-order valence-corrected chi connectivity index (χ4v) is 3.59. The van der Waals surface area contributed by atoms with Gasteiger partial charge in [-0.25, -0.2) is 4.39 Å². The number of carbonyl (C=O) groups excluding carboxylic acids is 2. The number of benzene rings is 2.